The van der Waals surface area contributed by atoms with E-state index in [4.69, 9.17) is 4.74 Å². The van der Waals surface area contributed by atoms with Crippen LogP contribution in [0.5, 0.6) is 0 Å². The Morgan fingerprint density at radius 1 is 1.28 bits per heavy atom. The van der Waals surface area contributed by atoms with Gasteiger partial charge in [-0.2, -0.15) is 0 Å². The van der Waals surface area contributed by atoms with Crippen LogP contribution in [-0.2, 0) is 4.74 Å². The fourth-order valence-corrected chi connectivity index (χ4v) is 3.83. The van der Waals surface area contributed by atoms with E-state index in [0.29, 0.717) is 6.10 Å². The summed E-state index contributed by atoms with van der Waals surface area (Å²) in [5, 5.41) is 3.72. The van der Waals surface area contributed by atoms with Gasteiger partial charge in [0.1, 0.15) is 0 Å². The molecule has 0 amide bonds. The van der Waals surface area contributed by atoms with Gasteiger partial charge in [0.15, 0.2) is 0 Å². The lowest BCUT2D eigenvalue weighted by Gasteiger charge is -2.39. The van der Waals surface area contributed by atoms with Gasteiger partial charge < -0.3 is 19.9 Å². The van der Waals surface area contributed by atoms with Gasteiger partial charge in [0.05, 0.1) is 12.7 Å². The molecule has 3 fully saturated rings. The lowest BCUT2D eigenvalue weighted by Crippen LogP contribution is -2.51. The Labute approximate surface area is 111 Å². The summed E-state index contributed by atoms with van der Waals surface area (Å²) in [7, 11) is 4.48. The van der Waals surface area contributed by atoms with Gasteiger partial charge in [-0.1, -0.05) is 0 Å². The van der Waals surface area contributed by atoms with Gasteiger partial charge in [0.2, 0.25) is 0 Å². The number of piperidine rings is 1. The van der Waals surface area contributed by atoms with Gasteiger partial charge in [-0.3, -0.25) is 0 Å². The molecule has 0 radical (unpaired) electrons. The van der Waals surface area contributed by atoms with Crippen molar-refractivity contribution in [3.8, 4) is 0 Å². The van der Waals surface area contributed by atoms with Crippen LogP contribution in [0, 0.1) is 0 Å². The van der Waals surface area contributed by atoms with Crippen molar-refractivity contribution in [2.24, 2.45) is 0 Å². The third kappa shape index (κ3) is 2.87. The van der Waals surface area contributed by atoms with Crippen LogP contribution in [0.4, 0.5) is 0 Å². The summed E-state index contributed by atoms with van der Waals surface area (Å²) in [6.45, 7) is 4.15. The Morgan fingerprint density at radius 2 is 2.00 bits per heavy atom. The lowest BCUT2D eigenvalue weighted by atomic mass is 9.98. The molecule has 1 N–H and O–H groups in total. The van der Waals surface area contributed by atoms with Crippen molar-refractivity contribution in [3.63, 3.8) is 0 Å². The number of nitrogens with one attached hydrogen (secondary N) is 1. The summed E-state index contributed by atoms with van der Waals surface area (Å²) in [6, 6.07) is 2.33. The average molecular weight is 253 g/mol. The third-order valence-corrected chi connectivity index (χ3v) is 4.91. The van der Waals surface area contributed by atoms with Gasteiger partial charge in [-0.25, -0.2) is 0 Å². The molecule has 3 rings (SSSR count). The molecule has 3 aliphatic rings. The van der Waals surface area contributed by atoms with E-state index < -0.39 is 0 Å². The number of likely N-dealkylation sites (N-methyl/N-ethyl adjacent to an activating group) is 2. The number of rotatable bonds is 3. The third-order valence-electron chi connectivity index (χ3n) is 4.91. The predicted molar refractivity (Wildman–Crippen MR) is 72.8 cm³/mol. The van der Waals surface area contributed by atoms with Gasteiger partial charge in [0.25, 0.3) is 0 Å². The van der Waals surface area contributed by atoms with E-state index in [2.05, 4.69) is 29.2 Å². The first-order valence-corrected chi connectivity index (χ1v) is 7.47. The fraction of sp³-hybridized carbons (Fsp3) is 1.00. The summed E-state index contributed by atoms with van der Waals surface area (Å²) in [6.07, 6.45) is 5.83. The van der Waals surface area contributed by atoms with Crippen LogP contribution in [0.25, 0.3) is 0 Å². The highest BCUT2D eigenvalue weighted by atomic mass is 16.5. The van der Waals surface area contributed by atoms with Crippen molar-refractivity contribution in [1.82, 2.24) is 15.1 Å². The lowest BCUT2D eigenvalue weighted by molar-refractivity contribution is -0.0397. The van der Waals surface area contributed by atoms with Crippen molar-refractivity contribution in [2.75, 3.05) is 40.3 Å². The Balaban J connectivity index is 1.50. The van der Waals surface area contributed by atoms with Crippen molar-refractivity contribution < 1.29 is 4.74 Å². The highest BCUT2D eigenvalue weighted by molar-refractivity contribution is 4.95. The standard InChI is InChI=1S/C14H27N3O/c1-16-5-6-18-14(9-16)10-17(2)13-7-11-3-4-12(8-13)15-11/h11-15H,3-10H2,1-2H3. The van der Waals surface area contributed by atoms with Crippen molar-refractivity contribution in [2.45, 2.75) is 49.9 Å². The monoisotopic (exact) mass is 253 g/mol. The largest absolute Gasteiger partial charge is 0.374 e. The molecule has 0 aromatic rings. The number of morpholine rings is 1. The maximum absolute atomic E-state index is 5.88. The first-order chi connectivity index (χ1) is 8.70. The van der Waals surface area contributed by atoms with Crippen molar-refractivity contribution >= 4 is 0 Å². The fourth-order valence-electron chi connectivity index (χ4n) is 3.83. The molecular formula is C14H27N3O. The predicted octanol–water partition coefficient (Wildman–Crippen LogP) is 0.532. The van der Waals surface area contributed by atoms with E-state index in [1.165, 1.54) is 25.7 Å². The summed E-state index contributed by atoms with van der Waals surface area (Å²) in [4.78, 5) is 4.93. The molecule has 3 heterocycles. The Bertz CT molecular complexity index is 274. The van der Waals surface area contributed by atoms with Crippen LogP contribution < -0.4 is 5.32 Å². The van der Waals surface area contributed by atoms with Crippen molar-refractivity contribution in [3.05, 3.63) is 0 Å². The molecule has 3 atom stereocenters. The second kappa shape index (κ2) is 5.45. The normalized spacial score (nSPS) is 41.5. The highest BCUT2D eigenvalue weighted by Gasteiger charge is 2.35. The van der Waals surface area contributed by atoms with E-state index in [1.54, 1.807) is 0 Å². The minimum absolute atomic E-state index is 0.404. The zero-order valence-corrected chi connectivity index (χ0v) is 11.8. The van der Waals surface area contributed by atoms with E-state index >= 15 is 0 Å². The van der Waals surface area contributed by atoms with Gasteiger partial charge in [0, 0.05) is 37.8 Å². The molecule has 0 aromatic heterocycles. The maximum atomic E-state index is 5.88. The summed E-state index contributed by atoms with van der Waals surface area (Å²) in [5.41, 5.74) is 0. The molecule has 104 valence electrons. The van der Waals surface area contributed by atoms with E-state index in [0.717, 1.165) is 44.4 Å². The molecule has 18 heavy (non-hydrogen) atoms. The topological polar surface area (TPSA) is 27.7 Å². The Morgan fingerprint density at radius 3 is 2.67 bits per heavy atom. The number of nitrogens with zero attached hydrogens (tertiary/aromatic N) is 2. The smallest absolute Gasteiger partial charge is 0.0829 e. The van der Waals surface area contributed by atoms with Crippen LogP contribution in [-0.4, -0.2) is 74.4 Å². The molecule has 4 heteroatoms. The summed E-state index contributed by atoms with van der Waals surface area (Å²) in [5.74, 6) is 0. The molecule has 2 bridgehead atoms. The second-order valence-electron chi connectivity index (χ2n) is 6.46. The minimum atomic E-state index is 0.404. The summed E-state index contributed by atoms with van der Waals surface area (Å²) >= 11 is 0. The van der Waals surface area contributed by atoms with Crippen LogP contribution in [0.3, 0.4) is 0 Å². The van der Waals surface area contributed by atoms with E-state index in [1.807, 2.05) is 0 Å². The number of fused-ring (bicyclic) bond motifs is 2. The van der Waals surface area contributed by atoms with Crippen molar-refractivity contribution in [1.29, 1.82) is 0 Å². The van der Waals surface area contributed by atoms with Crippen LogP contribution in [0.15, 0.2) is 0 Å². The molecule has 4 nitrogen and oxygen atoms in total. The van der Waals surface area contributed by atoms with Crippen LogP contribution >= 0.6 is 0 Å². The molecule has 3 saturated heterocycles. The molecule has 0 spiro atoms. The molecule has 3 unspecified atom stereocenters. The van der Waals surface area contributed by atoms with Crippen LogP contribution in [0.2, 0.25) is 0 Å². The minimum Gasteiger partial charge on any atom is -0.374 e. The molecular weight excluding hydrogens is 226 g/mol. The van der Waals surface area contributed by atoms with E-state index in [9.17, 15) is 0 Å². The molecule has 3 aliphatic heterocycles. The zero-order chi connectivity index (χ0) is 12.5. The Kier molecular flexibility index (Phi) is 3.89. The van der Waals surface area contributed by atoms with Crippen LogP contribution in [0.1, 0.15) is 25.7 Å². The van der Waals surface area contributed by atoms with Gasteiger partial charge in [-0.15, -0.1) is 0 Å². The maximum Gasteiger partial charge on any atom is 0.0829 e. The SMILES string of the molecule is CN1CCOC(CN(C)C2CC3CCC(C2)N3)C1. The first kappa shape index (κ1) is 12.9. The molecule has 0 aromatic carbocycles. The molecule has 0 aliphatic carbocycles. The first-order valence-electron chi connectivity index (χ1n) is 7.47. The Hall–Kier alpha value is -0.160. The quantitative estimate of drug-likeness (QED) is 0.794. The van der Waals surface area contributed by atoms with E-state index in [-0.39, 0.29) is 0 Å². The van der Waals surface area contributed by atoms with Gasteiger partial charge >= 0.3 is 0 Å². The summed E-state index contributed by atoms with van der Waals surface area (Å²) < 4.78 is 5.88. The second-order valence-corrected chi connectivity index (χ2v) is 6.46. The number of ether oxygens (including phenoxy) is 1. The van der Waals surface area contributed by atoms with Gasteiger partial charge in [-0.05, 0) is 39.8 Å². The number of hydrogen-bond donors (Lipinski definition) is 1. The average Bonchev–Trinajstić information content (AvgIpc) is 2.68. The molecule has 0 saturated carbocycles. The number of hydrogen-bond acceptors (Lipinski definition) is 4. The highest BCUT2D eigenvalue weighted by Crippen LogP contribution is 2.29. The zero-order valence-electron chi connectivity index (χ0n) is 11.8.